The van der Waals surface area contributed by atoms with Gasteiger partial charge >= 0.3 is 0 Å². The van der Waals surface area contributed by atoms with E-state index in [0.717, 1.165) is 74.7 Å². The van der Waals surface area contributed by atoms with Crippen LogP contribution in [0.2, 0.25) is 5.02 Å². The molecule has 1 saturated heterocycles. The number of hydrogen-bond donors (Lipinski definition) is 1. The average Bonchev–Trinajstić information content (AvgIpc) is 2.89. The molecule has 1 unspecified atom stereocenters. The molecule has 0 radical (unpaired) electrons. The Bertz CT molecular complexity index is 1160. The Morgan fingerprint density at radius 3 is 2.57 bits per heavy atom. The van der Waals surface area contributed by atoms with Crippen molar-refractivity contribution in [3.63, 3.8) is 0 Å². The minimum Gasteiger partial charge on any atom is -0.352 e. The van der Waals surface area contributed by atoms with Crippen LogP contribution in [-0.4, -0.2) is 35.3 Å². The van der Waals surface area contributed by atoms with Gasteiger partial charge in [-0.3, -0.25) is 14.6 Å². The predicted octanol–water partition coefficient (Wildman–Crippen LogP) is 5.43. The van der Waals surface area contributed by atoms with E-state index >= 15 is 0 Å². The molecule has 5 heteroatoms. The van der Waals surface area contributed by atoms with Crippen molar-refractivity contribution >= 4 is 17.5 Å². The number of benzene rings is 3. The molecule has 2 aliphatic rings. The molecule has 0 aromatic heterocycles. The van der Waals surface area contributed by atoms with Crippen molar-refractivity contribution in [3.8, 4) is 0 Å². The number of halogens is 1. The number of nitrogens with zero attached hydrogens (tertiary/aromatic N) is 2. The van der Waals surface area contributed by atoms with Gasteiger partial charge in [0, 0.05) is 44.3 Å². The third-order valence-corrected chi connectivity index (χ3v) is 7.67. The number of rotatable bonds is 7. The summed E-state index contributed by atoms with van der Waals surface area (Å²) in [5, 5.41) is 4.00. The molecule has 2 aliphatic heterocycles. The summed E-state index contributed by atoms with van der Waals surface area (Å²) in [6.07, 6.45) is 3.10. The molecule has 1 atom stereocenters. The fourth-order valence-corrected chi connectivity index (χ4v) is 5.59. The van der Waals surface area contributed by atoms with Crippen LogP contribution in [-0.2, 0) is 37.4 Å². The number of nitrogens with one attached hydrogen (secondary N) is 1. The van der Waals surface area contributed by atoms with Gasteiger partial charge in [-0.2, -0.15) is 0 Å². The van der Waals surface area contributed by atoms with E-state index in [-0.39, 0.29) is 11.8 Å². The first-order valence-electron chi connectivity index (χ1n) is 12.7. The molecule has 3 aromatic carbocycles. The van der Waals surface area contributed by atoms with E-state index < -0.39 is 0 Å². The summed E-state index contributed by atoms with van der Waals surface area (Å²) in [6, 6.07) is 25.4. The molecule has 4 nitrogen and oxygen atoms in total. The Kier molecular flexibility index (Phi) is 7.82. The van der Waals surface area contributed by atoms with E-state index in [0.29, 0.717) is 6.54 Å². The summed E-state index contributed by atoms with van der Waals surface area (Å²) in [6.45, 7) is 6.21. The quantitative estimate of drug-likeness (QED) is 0.483. The maximum absolute atomic E-state index is 13.0. The van der Waals surface area contributed by atoms with E-state index in [9.17, 15) is 4.79 Å². The van der Waals surface area contributed by atoms with Crippen LogP contribution in [0.4, 0.5) is 0 Å². The highest BCUT2D eigenvalue weighted by atomic mass is 35.5. The molecule has 1 fully saturated rings. The third kappa shape index (κ3) is 6.32. The maximum atomic E-state index is 13.0. The standard InChI is InChI=1S/C30H34ClN3O/c31-29-13-4-3-11-27(29)21-33-15-6-12-28(22-33)30(35)32-18-23-7-5-8-24(17-23)19-34-16-14-25-9-1-2-10-26(25)20-34/h1-5,7-11,13,17,28H,6,12,14-16,18-22H2,(H,32,35). The van der Waals surface area contributed by atoms with Gasteiger partial charge in [0.25, 0.3) is 0 Å². The van der Waals surface area contributed by atoms with Crippen molar-refractivity contribution in [1.29, 1.82) is 0 Å². The summed E-state index contributed by atoms with van der Waals surface area (Å²) < 4.78 is 0. The number of piperidine rings is 1. The van der Waals surface area contributed by atoms with Crippen molar-refractivity contribution in [2.75, 3.05) is 19.6 Å². The molecule has 5 rings (SSSR count). The SMILES string of the molecule is O=C(NCc1cccc(CN2CCc3ccccc3C2)c1)C1CCCN(Cc2ccccc2Cl)C1. The zero-order valence-corrected chi connectivity index (χ0v) is 21.0. The normalized spacial score (nSPS) is 18.7. The second-order valence-electron chi connectivity index (χ2n) is 9.93. The first kappa shape index (κ1) is 24.1. The first-order valence-corrected chi connectivity index (χ1v) is 13.1. The van der Waals surface area contributed by atoms with Gasteiger partial charge in [-0.15, -0.1) is 0 Å². The molecule has 35 heavy (non-hydrogen) atoms. The summed E-state index contributed by atoms with van der Waals surface area (Å²) in [5.74, 6) is 0.190. The molecule has 1 amide bonds. The molecule has 0 spiro atoms. The Labute approximate surface area is 213 Å². The van der Waals surface area contributed by atoms with Crippen LogP contribution in [0.15, 0.2) is 72.8 Å². The highest BCUT2D eigenvalue weighted by Crippen LogP contribution is 2.23. The molecular formula is C30H34ClN3O. The van der Waals surface area contributed by atoms with E-state index in [1.165, 1.54) is 16.7 Å². The molecule has 2 heterocycles. The Balaban J connectivity index is 1.12. The van der Waals surface area contributed by atoms with E-state index in [2.05, 4.69) is 69.7 Å². The van der Waals surface area contributed by atoms with Crippen LogP contribution >= 0.6 is 11.6 Å². The molecule has 0 saturated carbocycles. The van der Waals surface area contributed by atoms with E-state index in [1.54, 1.807) is 0 Å². The van der Waals surface area contributed by atoms with Crippen molar-refractivity contribution in [2.45, 2.75) is 45.4 Å². The lowest BCUT2D eigenvalue weighted by atomic mass is 9.96. The van der Waals surface area contributed by atoms with Gasteiger partial charge in [-0.25, -0.2) is 0 Å². The fraction of sp³-hybridized carbons (Fsp3) is 0.367. The predicted molar refractivity (Wildman–Crippen MR) is 142 cm³/mol. The lowest BCUT2D eigenvalue weighted by Crippen LogP contribution is -2.42. The number of carbonyl (C=O) groups is 1. The zero-order valence-electron chi connectivity index (χ0n) is 20.3. The maximum Gasteiger partial charge on any atom is 0.224 e. The van der Waals surface area contributed by atoms with Gasteiger partial charge < -0.3 is 5.32 Å². The summed E-state index contributed by atoms with van der Waals surface area (Å²) in [5.41, 5.74) is 6.52. The van der Waals surface area contributed by atoms with Crippen molar-refractivity contribution < 1.29 is 4.79 Å². The van der Waals surface area contributed by atoms with E-state index in [4.69, 9.17) is 11.6 Å². The second kappa shape index (κ2) is 11.4. The smallest absolute Gasteiger partial charge is 0.224 e. The highest BCUT2D eigenvalue weighted by molar-refractivity contribution is 6.31. The van der Waals surface area contributed by atoms with Gasteiger partial charge in [-0.05, 0) is 59.7 Å². The Morgan fingerprint density at radius 2 is 1.69 bits per heavy atom. The van der Waals surface area contributed by atoms with Crippen molar-refractivity contribution in [1.82, 2.24) is 15.1 Å². The fourth-order valence-electron chi connectivity index (χ4n) is 5.40. The molecule has 0 bridgehead atoms. The topological polar surface area (TPSA) is 35.6 Å². The van der Waals surface area contributed by atoms with Crippen LogP contribution in [0.5, 0.6) is 0 Å². The average molecular weight is 488 g/mol. The molecule has 0 aliphatic carbocycles. The minimum absolute atomic E-state index is 0.0304. The second-order valence-corrected chi connectivity index (χ2v) is 10.3. The van der Waals surface area contributed by atoms with Crippen LogP contribution in [0.1, 0.15) is 40.7 Å². The molecular weight excluding hydrogens is 454 g/mol. The van der Waals surface area contributed by atoms with Crippen LogP contribution < -0.4 is 5.32 Å². The number of hydrogen-bond acceptors (Lipinski definition) is 3. The lowest BCUT2D eigenvalue weighted by molar-refractivity contribution is -0.126. The van der Waals surface area contributed by atoms with Gasteiger partial charge in [0.05, 0.1) is 5.92 Å². The van der Waals surface area contributed by atoms with E-state index in [1.807, 2.05) is 18.2 Å². The van der Waals surface area contributed by atoms with Crippen molar-refractivity contribution in [2.24, 2.45) is 5.92 Å². The molecule has 182 valence electrons. The lowest BCUT2D eigenvalue weighted by Gasteiger charge is -2.32. The van der Waals surface area contributed by atoms with Crippen LogP contribution in [0.3, 0.4) is 0 Å². The van der Waals surface area contributed by atoms with Gasteiger partial charge in [-0.1, -0.05) is 78.3 Å². The zero-order chi connectivity index (χ0) is 24.0. The number of likely N-dealkylation sites (tertiary alicyclic amines) is 1. The number of fused-ring (bicyclic) bond motifs is 1. The summed E-state index contributed by atoms with van der Waals surface area (Å²) in [4.78, 5) is 17.8. The highest BCUT2D eigenvalue weighted by Gasteiger charge is 2.26. The van der Waals surface area contributed by atoms with Gasteiger partial charge in [0.15, 0.2) is 0 Å². The van der Waals surface area contributed by atoms with Crippen molar-refractivity contribution in [3.05, 3.63) is 106 Å². The minimum atomic E-state index is 0.0304. The molecule has 3 aromatic rings. The summed E-state index contributed by atoms with van der Waals surface area (Å²) >= 11 is 6.35. The summed E-state index contributed by atoms with van der Waals surface area (Å²) in [7, 11) is 0. The number of amides is 1. The first-order chi connectivity index (χ1) is 17.1. The van der Waals surface area contributed by atoms with Crippen LogP contribution in [0, 0.1) is 5.92 Å². The Hall–Kier alpha value is -2.66. The van der Waals surface area contributed by atoms with Gasteiger partial charge in [0.2, 0.25) is 5.91 Å². The van der Waals surface area contributed by atoms with Gasteiger partial charge in [0.1, 0.15) is 0 Å². The molecule has 1 N–H and O–H groups in total. The largest absolute Gasteiger partial charge is 0.352 e. The van der Waals surface area contributed by atoms with Crippen LogP contribution in [0.25, 0.3) is 0 Å². The third-order valence-electron chi connectivity index (χ3n) is 7.30. The number of carbonyl (C=O) groups excluding carboxylic acids is 1. The Morgan fingerprint density at radius 1 is 0.886 bits per heavy atom. The monoisotopic (exact) mass is 487 g/mol.